The van der Waals surface area contributed by atoms with Crippen molar-refractivity contribution in [1.29, 1.82) is 0 Å². The van der Waals surface area contributed by atoms with Crippen LogP contribution in [-0.4, -0.2) is 43.1 Å². The number of benzene rings is 2. The third-order valence-corrected chi connectivity index (χ3v) is 4.55. The van der Waals surface area contributed by atoms with Gasteiger partial charge in [0.2, 0.25) is 11.8 Å². The molecule has 0 fully saturated rings. The minimum absolute atomic E-state index is 0.249. The van der Waals surface area contributed by atoms with Gasteiger partial charge in [0.25, 0.3) is 0 Å². The van der Waals surface area contributed by atoms with Gasteiger partial charge in [-0.15, -0.1) is 0 Å². The van der Waals surface area contributed by atoms with Crippen LogP contribution in [0, 0.1) is 0 Å². The summed E-state index contributed by atoms with van der Waals surface area (Å²) in [4.78, 5) is 29.6. The maximum Gasteiger partial charge on any atom is 0.244 e. The fourth-order valence-electron chi connectivity index (χ4n) is 3.01. The first-order valence-corrected chi connectivity index (χ1v) is 9.80. The van der Waals surface area contributed by atoms with Crippen LogP contribution in [0.4, 0.5) is 0 Å². The average molecular weight is 403 g/mol. The summed E-state index contributed by atoms with van der Waals surface area (Å²) < 4.78 is 4.97. The van der Waals surface area contributed by atoms with Crippen LogP contribution in [0.15, 0.2) is 72.8 Å². The van der Waals surface area contributed by atoms with Crippen molar-refractivity contribution in [3.63, 3.8) is 0 Å². The van der Waals surface area contributed by atoms with Crippen LogP contribution >= 0.6 is 0 Å². The second-order valence-electron chi connectivity index (χ2n) is 6.80. The van der Waals surface area contributed by atoms with E-state index in [4.69, 9.17) is 4.74 Å². The summed E-state index contributed by atoms with van der Waals surface area (Å²) in [5.74, 6) is -0.603. The standard InChI is InChI=1S/C24H25N3O3/c1-30-16-15-25-24(29)22(17-18-7-3-2-4-8-18)27-23(28)14-13-20-12-11-19-9-5-6-10-21(19)26-20/h2-14,22H,15-17H2,1H3,(H,25,29)(H,27,28)/b14-13+/t22-/m0/s1. The summed E-state index contributed by atoms with van der Waals surface area (Å²) in [6, 6.07) is 20.5. The average Bonchev–Trinajstić information content (AvgIpc) is 2.78. The minimum atomic E-state index is -0.689. The number of para-hydroxylation sites is 1. The lowest BCUT2D eigenvalue weighted by Gasteiger charge is -2.18. The van der Waals surface area contributed by atoms with Crippen molar-refractivity contribution in [1.82, 2.24) is 15.6 Å². The number of nitrogens with zero attached hydrogens (tertiary/aromatic N) is 1. The first kappa shape index (κ1) is 21.2. The third-order valence-electron chi connectivity index (χ3n) is 4.55. The molecule has 2 N–H and O–H groups in total. The molecule has 1 aromatic heterocycles. The van der Waals surface area contributed by atoms with Gasteiger partial charge in [-0.2, -0.15) is 0 Å². The van der Waals surface area contributed by atoms with Crippen molar-refractivity contribution in [2.75, 3.05) is 20.3 Å². The molecule has 0 spiro atoms. The Bertz CT molecular complexity index is 1020. The molecule has 3 aromatic rings. The predicted octanol–water partition coefficient (Wildman–Crippen LogP) is 2.74. The number of hydrogen-bond acceptors (Lipinski definition) is 4. The van der Waals surface area contributed by atoms with Crippen molar-refractivity contribution in [3.8, 4) is 0 Å². The molecule has 0 aliphatic rings. The molecule has 0 saturated heterocycles. The molecule has 1 heterocycles. The van der Waals surface area contributed by atoms with E-state index >= 15 is 0 Å². The van der Waals surface area contributed by atoms with E-state index in [0.29, 0.717) is 25.3 Å². The monoisotopic (exact) mass is 403 g/mol. The smallest absolute Gasteiger partial charge is 0.244 e. The molecule has 154 valence electrons. The molecule has 2 amide bonds. The summed E-state index contributed by atoms with van der Waals surface area (Å²) in [6.45, 7) is 0.790. The largest absolute Gasteiger partial charge is 0.383 e. The van der Waals surface area contributed by atoms with Gasteiger partial charge in [0.15, 0.2) is 0 Å². The number of methoxy groups -OCH3 is 1. The number of carbonyl (C=O) groups is 2. The Labute approximate surface area is 176 Å². The Morgan fingerprint density at radius 1 is 1.03 bits per heavy atom. The lowest BCUT2D eigenvalue weighted by atomic mass is 10.1. The minimum Gasteiger partial charge on any atom is -0.383 e. The fourth-order valence-corrected chi connectivity index (χ4v) is 3.01. The Kier molecular flexibility index (Phi) is 7.69. The van der Waals surface area contributed by atoms with Crippen LogP contribution in [0.2, 0.25) is 0 Å². The maximum atomic E-state index is 12.6. The molecular weight excluding hydrogens is 378 g/mol. The molecular formula is C24H25N3O3. The van der Waals surface area contributed by atoms with Gasteiger partial charge in [0.1, 0.15) is 6.04 Å². The molecule has 0 radical (unpaired) electrons. The van der Waals surface area contributed by atoms with Gasteiger partial charge in [-0.3, -0.25) is 9.59 Å². The number of carbonyl (C=O) groups excluding carboxylic acids is 2. The molecule has 0 saturated carbocycles. The van der Waals surface area contributed by atoms with Crippen molar-refractivity contribution in [2.45, 2.75) is 12.5 Å². The van der Waals surface area contributed by atoms with Crippen LogP contribution in [0.1, 0.15) is 11.3 Å². The van der Waals surface area contributed by atoms with Crippen molar-refractivity contribution in [3.05, 3.63) is 84.1 Å². The van der Waals surface area contributed by atoms with E-state index in [9.17, 15) is 9.59 Å². The zero-order valence-corrected chi connectivity index (χ0v) is 16.9. The highest BCUT2D eigenvalue weighted by Gasteiger charge is 2.20. The predicted molar refractivity (Wildman–Crippen MR) is 118 cm³/mol. The van der Waals surface area contributed by atoms with E-state index in [0.717, 1.165) is 16.5 Å². The molecule has 30 heavy (non-hydrogen) atoms. The van der Waals surface area contributed by atoms with Crippen molar-refractivity contribution >= 4 is 28.8 Å². The highest BCUT2D eigenvalue weighted by Crippen LogP contribution is 2.12. The number of nitrogens with one attached hydrogen (secondary N) is 2. The fraction of sp³-hybridized carbons (Fsp3) is 0.208. The molecule has 1 atom stereocenters. The zero-order chi connectivity index (χ0) is 21.2. The van der Waals surface area contributed by atoms with E-state index in [1.807, 2.05) is 66.7 Å². The quantitative estimate of drug-likeness (QED) is 0.425. The zero-order valence-electron chi connectivity index (χ0n) is 16.9. The van der Waals surface area contributed by atoms with E-state index in [2.05, 4.69) is 15.6 Å². The number of aromatic nitrogens is 1. The second-order valence-corrected chi connectivity index (χ2v) is 6.80. The SMILES string of the molecule is COCCNC(=O)[C@H](Cc1ccccc1)NC(=O)/C=C/c1ccc2ccccc2n1. The lowest BCUT2D eigenvalue weighted by Crippen LogP contribution is -2.48. The Morgan fingerprint density at radius 2 is 1.80 bits per heavy atom. The molecule has 3 rings (SSSR count). The van der Waals surface area contributed by atoms with Crippen molar-refractivity contribution in [2.24, 2.45) is 0 Å². The molecule has 0 bridgehead atoms. The number of hydrogen-bond donors (Lipinski definition) is 2. The Hall–Kier alpha value is -3.51. The number of fused-ring (bicyclic) bond motifs is 1. The Morgan fingerprint density at radius 3 is 2.60 bits per heavy atom. The molecule has 6 heteroatoms. The topological polar surface area (TPSA) is 80.3 Å². The summed E-state index contributed by atoms with van der Waals surface area (Å²) in [6.07, 6.45) is 3.44. The summed E-state index contributed by atoms with van der Waals surface area (Å²) in [7, 11) is 1.57. The summed E-state index contributed by atoms with van der Waals surface area (Å²) in [5, 5.41) is 6.62. The second kappa shape index (κ2) is 10.9. The summed E-state index contributed by atoms with van der Waals surface area (Å²) in [5.41, 5.74) is 2.50. The number of pyridine rings is 1. The van der Waals surface area contributed by atoms with E-state index in [1.54, 1.807) is 13.2 Å². The van der Waals surface area contributed by atoms with Crippen LogP contribution in [0.25, 0.3) is 17.0 Å². The lowest BCUT2D eigenvalue weighted by molar-refractivity contribution is -0.127. The number of ether oxygens (including phenoxy) is 1. The first-order chi connectivity index (χ1) is 14.7. The van der Waals surface area contributed by atoms with Gasteiger partial charge in [-0.25, -0.2) is 4.98 Å². The molecule has 0 aliphatic carbocycles. The van der Waals surface area contributed by atoms with Crippen LogP contribution < -0.4 is 10.6 Å². The molecule has 0 aliphatic heterocycles. The van der Waals surface area contributed by atoms with Crippen LogP contribution in [-0.2, 0) is 20.7 Å². The van der Waals surface area contributed by atoms with Gasteiger partial charge in [-0.1, -0.05) is 54.6 Å². The highest BCUT2D eigenvalue weighted by molar-refractivity contribution is 5.95. The van der Waals surface area contributed by atoms with Crippen molar-refractivity contribution < 1.29 is 14.3 Å². The normalized spacial score (nSPS) is 12.0. The first-order valence-electron chi connectivity index (χ1n) is 9.80. The third kappa shape index (κ3) is 6.25. The van der Waals surface area contributed by atoms with E-state index in [-0.39, 0.29) is 11.8 Å². The van der Waals surface area contributed by atoms with Gasteiger partial charge in [-0.05, 0) is 23.8 Å². The molecule has 2 aromatic carbocycles. The Balaban J connectivity index is 1.67. The van der Waals surface area contributed by atoms with Crippen LogP contribution in [0.5, 0.6) is 0 Å². The molecule has 6 nitrogen and oxygen atoms in total. The van der Waals surface area contributed by atoms with Crippen LogP contribution in [0.3, 0.4) is 0 Å². The number of amides is 2. The van der Waals surface area contributed by atoms with Gasteiger partial charge in [0.05, 0.1) is 17.8 Å². The number of rotatable bonds is 9. The van der Waals surface area contributed by atoms with E-state index < -0.39 is 6.04 Å². The van der Waals surface area contributed by atoms with Gasteiger partial charge >= 0.3 is 0 Å². The maximum absolute atomic E-state index is 12.6. The van der Waals surface area contributed by atoms with Gasteiger partial charge < -0.3 is 15.4 Å². The van der Waals surface area contributed by atoms with Gasteiger partial charge in [0, 0.05) is 31.5 Å². The molecule has 0 unspecified atom stereocenters. The highest BCUT2D eigenvalue weighted by atomic mass is 16.5. The van der Waals surface area contributed by atoms with E-state index in [1.165, 1.54) is 6.08 Å². The summed E-state index contributed by atoms with van der Waals surface area (Å²) >= 11 is 0.